The number of carbonyl (C=O) groups excluding carboxylic acids is 1. The number of aliphatic imine (C=N–C) groups is 1. The van der Waals surface area contributed by atoms with Crippen LogP contribution in [0.5, 0.6) is 5.75 Å². The van der Waals surface area contributed by atoms with Crippen LogP contribution in [-0.2, 0) is 0 Å². The zero-order chi connectivity index (χ0) is 33.0. The Morgan fingerprint density at radius 2 is 1.83 bits per heavy atom. The summed E-state index contributed by atoms with van der Waals surface area (Å²) in [5.41, 5.74) is 5.70. The van der Waals surface area contributed by atoms with Crippen molar-refractivity contribution in [1.29, 1.82) is 0 Å². The van der Waals surface area contributed by atoms with Gasteiger partial charge in [0.05, 0.1) is 11.7 Å². The van der Waals surface area contributed by atoms with Gasteiger partial charge in [0.1, 0.15) is 12.1 Å². The number of aromatic nitrogens is 3. The molecular formula is C34H37F3N6O2S. The lowest BCUT2D eigenvalue weighted by Crippen LogP contribution is -2.43. The van der Waals surface area contributed by atoms with Gasteiger partial charge in [-0.25, -0.2) is 14.5 Å². The van der Waals surface area contributed by atoms with Crippen LogP contribution in [0.4, 0.5) is 23.7 Å². The third-order valence-corrected chi connectivity index (χ3v) is 8.77. The minimum atomic E-state index is -4.75. The second-order valence-electron chi connectivity index (χ2n) is 11.6. The third-order valence-electron chi connectivity index (χ3n) is 7.78. The number of hydrogen-bond acceptors (Lipinski definition) is 5. The highest BCUT2D eigenvalue weighted by molar-refractivity contribution is 8.14. The van der Waals surface area contributed by atoms with E-state index in [0.29, 0.717) is 29.0 Å². The fraction of sp³-hybridized carbons (Fsp3) is 0.353. The van der Waals surface area contributed by atoms with E-state index >= 15 is 0 Å². The Labute approximate surface area is 271 Å². The molecule has 0 bridgehead atoms. The molecule has 242 valence electrons. The van der Waals surface area contributed by atoms with Gasteiger partial charge in [-0.05, 0) is 79.6 Å². The number of ether oxygens (including phenoxy) is 1. The molecule has 5 rings (SSSR count). The highest BCUT2D eigenvalue weighted by Gasteiger charge is 2.31. The molecule has 12 heteroatoms. The zero-order valence-electron chi connectivity index (χ0n) is 26.4. The van der Waals surface area contributed by atoms with Gasteiger partial charge in [0.15, 0.2) is 11.0 Å². The molecule has 0 spiro atoms. The second-order valence-corrected chi connectivity index (χ2v) is 12.6. The van der Waals surface area contributed by atoms with E-state index in [0.717, 1.165) is 34.6 Å². The Kier molecular flexibility index (Phi) is 10.0. The molecule has 1 aliphatic rings. The Bertz CT molecular complexity index is 1690. The Morgan fingerprint density at radius 1 is 1.11 bits per heavy atom. The predicted molar refractivity (Wildman–Crippen MR) is 177 cm³/mol. The zero-order valence-corrected chi connectivity index (χ0v) is 27.2. The summed E-state index contributed by atoms with van der Waals surface area (Å²) in [6.07, 6.45) is -1.60. The minimum Gasteiger partial charge on any atom is -0.406 e. The van der Waals surface area contributed by atoms with Gasteiger partial charge < -0.3 is 15.0 Å². The van der Waals surface area contributed by atoms with Gasteiger partial charge in [-0.15, -0.1) is 18.3 Å². The van der Waals surface area contributed by atoms with Gasteiger partial charge in [0.25, 0.3) is 0 Å². The second kappa shape index (κ2) is 14.0. The first-order valence-corrected chi connectivity index (χ1v) is 16.2. The molecule has 2 amide bonds. The summed E-state index contributed by atoms with van der Waals surface area (Å²) in [6, 6.07) is 19.0. The van der Waals surface area contributed by atoms with Crippen molar-refractivity contribution in [3.05, 3.63) is 89.7 Å². The van der Waals surface area contributed by atoms with E-state index in [-0.39, 0.29) is 23.9 Å². The number of thioether (sulfide) groups is 1. The monoisotopic (exact) mass is 650 g/mol. The average Bonchev–Trinajstić information content (AvgIpc) is 3.50. The van der Waals surface area contributed by atoms with Crippen molar-refractivity contribution < 1.29 is 22.7 Å². The minimum absolute atomic E-state index is 0.210. The number of amidine groups is 1. The molecule has 0 saturated carbocycles. The molecule has 2 atom stereocenters. The van der Waals surface area contributed by atoms with Crippen LogP contribution in [-0.4, -0.2) is 44.1 Å². The number of amides is 2. The molecule has 1 fully saturated rings. The summed E-state index contributed by atoms with van der Waals surface area (Å²) in [5, 5.41) is 8.27. The number of nitrogens with zero attached hydrogens (tertiary/aromatic N) is 5. The van der Waals surface area contributed by atoms with Crippen molar-refractivity contribution >= 4 is 28.6 Å². The quantitative estimate of drug-likeness (QED) is 0.205. The number of anilines is 1. The average molecular weight is 651 g/mol. The maximum absolute atomic E-state index is 13.3. The van der Waals surface area contributed by atoms with Crippen molar-refractivity contribution in [3.8, 4) is 22.8 Å². The third kappa shape index (κ3) is 7.90. The number of aryl methyl sites for hydroxylation is 1. The SMILES string of the molecule is CCC(NC(=O)N=C1SCCC(C)N1c1cc(C)ccc1C(C)C)c1ccc(-c2ncn(-c3ccc(OC(F)(F)F)cc3)n2)cc1. The van der Waals surface area contributed by atoms with E-state index in [1.807, 2.05) is 31.2 Å². The van der Waals surface area contributed by atoms with Crippen molar-refractivity contribution in [1.82, 2.24) is 20.1 Å². The summed E-state index contributed by atoms with van der Waals surface area (Å²) in [7, 11) is 0. The van der Waals surface area contributed by atoms with Gasteiger partial charge in [0, 0.05) is 23.0 Å². The molecule has 46 heavy (non-hydrogen) atoms. The fourth-order valence-corrected chi connectivity index (χ4v) is 6.57. The van der Waals surface area contributed by atoms with Crippen LogP contribution in [0.25, 0.3) is 17.1 Å². The number of benzene rings is 3. The van der Waals surface area contributed by atoms with E-state index in [1.54, 1.807) is 11.8 Å². The molecule has 1 N–H and O–H groups in total. The van der Waals surface area contributed by atoms with Gasteiger partial charge in [-0.3, -0.25) is 0 Å². The number of rotatable bonds is 8. The molecule has 4 aromatic rings. The highest BCUT2D eigenvalue weighted by Crippen LogP contribution is 2.36. The molecule has 1 aromatic heterocycles. The molecule has 3 aromatic carbocycles. The molecule has 1 saturated heterocycles. The molecule has 0 aliphatic carbocycles. The van der Waals surface area contributed by atoms with E-state index in [9.17, 15) is 18.0 Å². The van der Waals surface area contributed by atoms with Crippen LogP contribution in [0.1, 0.15) is 69.2 Å². The van der Waals surface area contributed by atoms with Crippen molar-refractivity contribution in [2.45, 2.75) is 71.8 Å². The maximum atomic E-state index is 13.3. The summed E-state index contributed by atoms with van der Waals surface area (Å²) in [4.78, 5) is 24.5. The Balaban J connectivity index is 1.29. The van der Waals surface area contributed by atoms with Gasteiger partial charge in [-0.1, -0.05) is 68.9 Å². The standard InChI is InChI=1S/C34H37F3N6O2S/c1-6-29(39-32(44)40-33-43(23(5)17-18-46-33)30-19-22(4)7-16-28(30)21(2)3)24-8-10-25(11-9-24)31-38-20-42(41-31)26-12-14-27(15-13-26)45-34(35,36)37/h7-16,19-21,23,29H,6,17-18H2,1-5H3,(H,39,44). The smallest absolute Gasteiger partial charge is 0.406 e. The number of urea groups is 1. The number of hydrogen-bond donors (Lipinski definition) is 1. The lowest BCUT2D eigenvalue weighted by Gasteiger charge is -2.37. The number of halogens is 3. The van der Waals surface area contributed by atoms with Gasteiger partial charge in [-0.2, -0.15) is 4.99 Å². The fourth-order valence-electron chi connectivity index (χ4n) is 5.36. The summed E-state index contributed by atoms with van der Waals surface area (Å²) in [6.45, 7) is 10.6. The number of carbonyl (C=O) groups is 1. The van der Waals surface area contributed by atoms with E-state index in [1.165, 1.54) is 40.8 Å². The van der Waals surface area contributed by atoms with E-state index in [2.05, 4.69) is 75.9 Å². The van der Waals surface area contributed by atoms with E-state index in [4.69, 9.17) is 0 Å². The van der Waals surface area contributed by atoms with Crippen molar-refractivity contribution in [3.63, 3.8) is 0 Å². The first-order chi connectivity index (χ1) is 21.9. The van der Waals surface area contributed by atoms with Crippen LogP contribution in [0.3, 0.4) is 0 Å². The molecule has 1 aliphatic heterocycles. The van der Waals surface area contributed by atoms with Crippen LogP contribution < -0.4 is 15.0 Å². The van der Waals surface area contributed by atoms with Gasteiger partial charge in [0.2, 0.25) is 0 Å². The molecule has 0 radical (unpaired) electrons. The van der Waals surface area contributed by atoms with Crippen LogP contribution in [0.2, 0.25) is 0 Å². The summed E-state index contributed by atoms with van der Waals surface area (Å²) >= 11 is 1.61. The topological polar surface area (TPSA) is 84.6 Å². The summed E-state index contributed by atoms with van der Waals surface area (Å²) in [5.74, 6) is 1.36. The van der Waals surface area contributed by atoms with Crippen LogP contribution in [0.15, 0.2) is 78.0 Å². The van der Waals surface area contributed by atoms with Crippen LogP contribution >= 0.6 is 11.8 Å². The van der Waals surface area contributed by atoms with Crippen molar-refractivity contribution in [2.75, 3.05) is 10.7 Å². The molecule has 2 heterocycles. The predicted octanol–water partition coefficient (Wildman–Crippen LogP) is 8.81. The van der Waals surface area contributed by atoms with Gasteiger partial charge >= 0.3 is 12.4 Å². The van der Waals surface area contributed by atoms with Crippen molar-refractivity contribution in [2.24, 2.45) is 4.99 Å². The molecular weight excluding hydrogens is 613 g/mol. The maximum Gasteiger partial charge on any atom is 0.573 e. The number of nitrogens with one attached hydrogen (secondary N) is 1. The summed E-state index contributed by atoms with van der Waals surface area (Å²) < 4.78 is 42.8. The lowest BCUT2D eigenvalue weighted by atomic mass is 9.98. The molecule has 2 unspecified atom stereocenters. The normalized spacial score (nSPS) is 16.9. The highest BCUT2D eigenvalue weighted by atomic mass is 32.2. The molecule has 8 nitrogen and oxygen atoms in total. The first kappa shape index (κ1) is 33.1. The number of alkyl halides is 3. The Morgan fingerprint density at radius 3 is 2.48 bits per heavy atom. The lowest BCUT2D eigenvalue weighted by molar-refractivity contribution is -0.274. The first-order valence-electron chi connectivity index (χ1n) is 15.2. The van der Waals surface area contributed by atoms with Crippen LogP contribution in [0, 0.1) is 6.92 Å². The largest absolute Gasteiger partial charge is 0.573 e. The Hall–Kier alpha value is -4.32. The van der Waals surface area contributed by atoms with E-state index < -0.39 is 6.36 Å².